The second-order valence-electron chi connectivity index (χ2n) is 5.70. The number of anilines is 1. The normalized spacial score (nSPS) is 11.0. The lowest BCUT2D eigenvalue weighted by Crippen LogP contribution is -2.13. The zero-order chi connectivity index (χ0) is 19.4. The van der Waals surface area contributed by atoms with Gasteiger partial charge in [0.05, 0.1) is 17.3 Å². The van der Waals surface area contributed by atoms with E-state index in [2.05, 4.69) is 5.32 Å². The van der Waals surface area contributed by atoms with Crippen molar-refractivity contribution in [1.29, 1.82) is 5.26 Å². The summed E-state index contributed by atoms with van der Waals surface area (Å²) in [4.78, 5) is 11.7. The van der Waals surface area contributed by atoms with Gasteiger partial charge in [0, 0.05) is 0 Å². The standard InChI is InChI=1S/C20H13F3N2O2/c21-20(22,23)15-6-8-18(17(12-15)25-19(26)9-10-24)27-16-7-5-13-3-1-2-4-14(13)11-16/h1-8,11-12H,9H2,(H,25,26). The van der Waals surface area contributed by atoms with E-state index in [1.54, 1.807) is 18.2 Å². The van der Waals surface area contributed by atoms with Gasteiger partial charge < -0.3 is 10.1 Å². The van der Waals surface area contributed by atoms with Gasteiger partial charge in [-0.05, 0) is 41.1 Å². The molecule has 0 saturated carbocycles. The van der Waals surface area contributed by atoms with Crippen LogP contribution in [0, 0.1) is 11.3 Å². The molecular formula is C20H13F3N2O2. The molecule has 0 saturated heterocycles. The van der Waals surface area contributed by atoms with Crippen molar-refractivity contribution in [2.24, 2.45) is 0 Å². The molecule has 0 bridgehead atoms. The van der Waals surface area contributed by atoms with Crippen molar-refractivity contribution >= 4 is 22.4 Å². The smallest absolute Gasteiger partial charge is 0.416 e. The van der Waals surface area contributed by atoms with Gasteiger partial charge in [-0.2, -0.15) is 18.4 Å². The number of hydrogen-bond acceptors (Lipinski definition) is 3. The Balaban J connectivity index is 1.96. The van der Waals surface area contributed by atoms with Gasteiger partial charge >= 0.3 is 6.18 Å². The molecule has 0 unspecified atom stereocenters. The largest absolute Gasteiger partial charge is 0.455 e. The van der Waals surface area contributed by atoms with E-state index < -0.39 is 24.1 Å². The number of nitrogens with zero attached hydrogens (tertiary/aromatic N) is 1. The molecule has 3 aromatic carbocycles. The molecule has 0 fully saturated rings. The van der Waals surface area contributed by atoms with Gasteiger partial charge in [0.1, 0.15) is 12.2 Å². The van der Waals surface area contributed by atoms with Crippen molar-refractivity contribution in [3.8, 4) is 17.6 Å². The molecule has 0 aliphatic heterocycles. The van der Waals surface area contributed by atoms with E-state index in [1.807, 2.05) is 30.3 Å². The molecule has 0 aliphatic carbocycles. The third-order valence-electron chi connectivity index (χ3n) is 3.77. The van der Waals surface area contributed by atoms with Crippen LogP contribution in [0.5, 0.6) is 11.5 Å². The minimum Gasteiger partial charge on any atom is -0.455 e. The Bertz CT molecular complexity index is 1040. The second-order valence-corrected chi connectivity index (χ2v) is 5.70. The van der Waals surface area contributed by atoms with Gasteiger partial charge in [-0.1, -0.05) is 30.3 Å². The summed E-state index contributed by atoms with van der Waals surface area (Å²) in [6, 6.07) is 17.2. The fourth-order valence-corrected chi connectivity index (χ4v) is 2.52. The summed E-state index contributed by atoms with van der Waals surface area (Å²) < 4.78 is 44.6. The molecule has 4 nitrogen and oxygen atoms in total. The molecule has 0 heterocycles. The first-order chi connectivity index (χ1) is 12.9. The van der Waals surface area contributed by atoms with Crippen LogP contribution >= 0.6 is 0 Å². The summed E-state index contributed by atoms with van der Waals surface area (Å²) in [7, 11) is 0. The van der Waals surface area contributed by atoms with Crippen LogP contribution in [0.1, 0.15) is 12.0 Å². The number of nitrogens with one attached hydrogen (secondary N) is 1. The summed E-state index contributed by atoms with van der Waals surface area (Å²) in [6.45, 7) is 0. The Morgan fingerprint density at radius 1 is 1.04 bits per heavy atom. The van der Waals surface area contributed by atoms with Gasteiger partial charge in [0.25, 0.3) is 0 Å². The van der Waals surface area contributed by atoms with E-state index in [1.165, 1.54) is 0 Å². The Morgan fingerprint density at radius 2 is 1.78 bits per heavy atom. The first-order valence-electron chi connectivity index (χ1n) is 7.91. The summed E-state index contributed by atoms with van der Waals surface area (Å²) in [5.74, 6) is -0.269. The lowest BCUT2D eigenvalue weighted by Gasteiger charge is -2.15. The van der Waals surface area contributed by atoms with Crippen LogP contribution in [-0.4, -0.2) is 5.91 Å². The fourth-order valence-electron chi connectivity index (χ4n) is 2.52. The molecule has 3 rings (SSSR count). The average molecular weight is 370 g/mol. The average Bonchev–Trinajstić information content (AvgIpc) is 2.62. The molecule has 0 radical (unpaired) electrons. The minimum absolute atomic E-state index is 0.0459. The maximum atomic E-state index is 13.0. The molecule has 0 spiro atoms. The molecule has 7 heteroatoms. The van der Waals surface area contributed by atoms with Gasteiger partial charge in [-0.15, -0.1) is 0 Å². The number of amides is 1. The molecule has 1 N–H and O–H groups in total. The second kappa shape index (κ2) is 7.38. The summed E-state index contributed by atoms with van der Waals surface area (Å²) in [5, 5.41) is 12.8. The maximum absolute atomic E-state index is 13.0. The first-order valence-corrected chi connectivity index (χ1v) is 7.91. The number of fused-ring (bicyclic) bond motifs is 1. The topological polar surface area (TPSA) is 62.1 Å². The third kappa shape index (κ3) is 4.36. The van der Waals surface area contributed by atoms with Crippen LogP contribution in [0.15, 0.2) is 60.7 Å². The monoisotopic (exact) mass is 370 g/mol. The Hall–Kier alpha value is -3.53. The van der Waals surface area contributed by atoms with Crippen LogP contribution in [0.25, 0.3) is 10.8 Å². The quantitative estimate of drug-likeness (QED) is 0.659. The van der Waals surface area contributed by atoms with Crippen LogP contribution < -0.4 is 10.1 Å². The molecule has 0 atom stereocenters. The highest BCUT2D eigenvalue weighted by atomic mass is 19.4. The van der Waals surface area contributed by atoms with E-state index in [0.717, 1.165) is 29.0 Å². The maximum Gasteiger partial charge on any atom is 0.416 e. The lowest BCUT2D eigenvalue weighted by atomic mass is 10.1. The van der Waals surface area contributed by atoms with Gasteiger partial charge in [-0.25, -0.2) is 0 Å². The predicted octanol–water partition coefficient (Wildman–Crippen LogP) is 5.50. The van der Waals surface area contributed by atoms with Crippen molar-refractivity contribution in [1.82, 2.24) is 0 Å². The SMILES string of the molecule is N#CCC(=O)Nc1cc(C(F)(F)F)ccc1Oc1ccc2ccccc2c1. The van der Waals surface area contributed by atoms with Gasteiger partial charge in [0.2, 0.25) is 5.91 Å². The molecule has 27 heavy (non-hydrogen) atoms. The Morgan fingerprint density at radius 3 is 2.48 bits per heavy atom. The number of carbonyl (C=O) groups is 1. The number of benzene rings is 3. The summed E-state index contributed by atoms with van der Waals surface area (Å²) in [6.07, 6.45) is -5.05. The Kier molecular flexibility index (Phi) is 4.99. The summed E-state index contributed by atoms with van der Waals surface area (Å²) >= 11 is 0. The minimum atomic E-state index is -4.57. The van der Waals surface area contributed by atoms with E-state index in [0.29, 0.717) is 5.75 Å². The van der Waals surface area contributed by atoms with Crippen molar-refractivity contribution in [2.45, 2.75) is 12.6 Å². The van der Waals surface area contributed by atoms with Crippen molar-refractivity contribution in [2.75, 3.05) is 5.32 Å². The van der Waals surface area contributed by atoms with E-state index >= 15 is 0 Å². The number of nitriles is 1. The highest BCUT2D eigenvalue weighted by molar-refractivity contribution is 5.93. The number of alkyl halides is 3. The van der Waals surface area contributed by atoms with Crippen molar-refractivity contribution in [3.05, 3.63) is 66.2 Å². The number of hydrogen-bond donors (Lipinski definition) is 1. The zero-order valence-electron chi connectivity index (χ0n) is 13.9. The molecule has 136 valence electrons. The van der Waals surface area contributed by atoms with Crippen LogP contribution in [0.3, 0.4) is 0 Å². The molecule has 0 aromatic heterocycles. The fraction of sp³-hybridized carbons (Fsp3) is 0.100. The highest BCUT2D eigenvalue weighted by Gasteiger charge is 2.31. The first kappa shape index (κ1) is 18.3. The van der Waals surface area contributed by atoms with Crippen molar-refractivity contribution in [3.63, 3.8) is 0 Å². The predicted molar refractivity (Wildman–Crippen MR) is 94.3 cm³/mol. The third-order valence-corrected chi connectivity index (χ3v) is 3.77. The molecular weight excluding hydrogens is 357 g/mol. The number of carbonyl (C=O) groups excluding carboxylic acids is 1. The van der Waals surface area contributed by atoms with Crippen molar-refractivity contribution < 1.29 is 22.7 Å². The number of halogens is 3. The van der Waals surface area contributed by atoms with Gasteiger partial charge in [0.15, 0.2) is 5.75 Å². The van der Waals surface area contributed by atoms with Gasteiger partial charge in [-0.3, -0.25) is 4.79 Å². The van der Waals surface area contributed by atoms with Crippen LogP contribution in [0.4, 0.5) is 18.9 Å². The van der Waals surface area contributed by atoms with Crippen LogP contribution in [-0.2, 0) is 11.0 Å². The molecule has 3 aromatic rings. The van der Waals surface area contributed by atoms with E-state index in [9.17, 15) is 18.0 Å². The Labute approximate surface area is 152 Å². The number of ether oxygens (including phenoxy) is 1. The molecule has 1 amide bonds. The number of rotatable bonds is 4. The van der Waals surface area contributed by atoms with Crippen LogP contribution in [0.2, 0.25) is 0 Å². The lowest BCUT2D eigenvalue weighted by molar-refractivity contribution is -0.137. The van der Waals surface area contributed by atoms with E-state index in [-0.39, 0.29) is 11.4 Å². The molecule has 0 aliphatic rings. The zero-order valence-corrected chi connectivity index (χ0v) is 13.9. The highest BCUT2D eigenvalue weighted by Crippen LogP contribution is 2.37. The van der Waals surface area contributed by atoms with E-state index in [4.69, 9.17) is 10.00 Å². The summed E-state index contributed by atoms with van der Waals surface area (Å²) in [5.41, 5.74) is -1.08.